The maximum absolute atomic E-state index is 10.9. The van der Waals surface area contributed by atoms with Gasteiger partial charge >= 0.3 is 29.0 Å². The van der Waals surface area contributed by atoms with Gasteiger partial charge in [-0.3, -0.25) is 4.79 Å². The van der Waals surface area contributed by atoms with Gasteiger partial charge < -0.3 is 22.1 Å². The number of aromatic nitrogens is 1. The van der Waals surface area contributed by atoms with Gasteiger partial charge in [0.25, 0.3) is 0 Å². The third kappa shape index (κ3) is 4.91. The first-order valence-corrected chi connectivity index (χ1v) is 4.29. The minimum Gasteiger partial charge on any atom is -1.00 e. The Balaban J connectivity index is 0. The predicted molar refractivity (Wildman–Crippen MR) is 55.3 cm³/mol. The molecule has 0 amide bonds. The van der Waals surface area contributed by atoms with E-state index >= 15 is 0 Å². The fourth-order valence-electron chi connectivity index (χ4n) is 1.34. The van der Waals surface area contributed by atoms with Crippen LogP contribution in [0.3, 0.4) is 0 Å². The van der Waals surface area contributed by atoms with Gasteiger partial charge in [0.15, 0.2) is 0 Å². The fraction of sp³-hybridized carbons (Fsp3) is 0.500. The summed E-state index contributed by atoms with van der Waals surface area (Å²) >= 11 is 0. The molecule has 0 spiro atoms. The molecule has 1 heterocycles. The maximum Gasteiger partial charge on any atom is 2.00 e. The van der Waals surface area contributed by atoms with Crippen LogP contribution in [-0.2, 0) is 16.0 Å². The standard InChI is InChI=1S/C10H14NO2.ClH.Mg/c1-7-6-11-8(2)9(7)4-5-10(12)13-3;;/h6H,4-5H2,1-3H3;1H;/q-1;;+2/p-1. The SMILES string of the molecule is COC(=O)CCc1c(C)c[n-]c1C.[Cl-].[Mg+2]. The maximum atomic E-state index is 10.9. The molecule has 0 saturated carbocycles. The Kier molecular flexibility index (Phi) is 9.20. The van der Waals surface area contributed by atoms with E-state index in [2.05, 4.69) is 9.72 Å². The summed E-state index contributed by atoms with van der Waals surface area (Å²) in [6, 6.07) is 0. The largest absolute Gasteiger partial charge is 2.00 e. The molecule has 80 valence electrons. The Hall–Kier alpha value is -0.194. The molecule has 0 aliphatic carbocycles. The van der Waals surface area contributed by atoms with E-state index in [1.807, 2.05) is 20.0 Å². The van der Waals surface area contributed by atoms with E-state index in [0.717, 1.165) is 17.7 Å². The van der Waals surface area contributed by atoms with Crippen molar-refractivity contribution in [1.82, 2.24) is 4.98 Å². The van der Waals surface area contributed by atoms with Gasteiger partial charge in [0.2, 0.25) is 0 Å². The molecule has 15 heavy (non-hydrogen) atoms. The first-order valence-electron chi connectivity index (χ1n) is 4.29. The van der Waals surface area contributed by atoms with Crippen molar-refractivity contribution in [2.45, 2.75) is 26.7 Å². The Morgan fingerprint density at radius 2 is 2.07 bits per heavy atom. The average Bonchev–Trinajstić information content (AvgIpc) is 2.43. The van der Waals surface area contributed by atoms with E-state index in [1.165, 1.54) is 12.7 Å². The fourth-order valence-corrected chi connectivity index (χ4v) is 1.34. The quantitative estimate of drug-likeness (QED) is 0.452. The molecule has 1 aromatic rings. The number of nitrogens with zero attached hydrogens (tertiary/aromatic N) is 1. The Morgan fingerprint density at radius 3 is 2.47 bits per heavy atom. The molecule has 0 saturated heterocycles. The van der Waals surface area contributed by atoms with Crippen molar-refractivity contribution < 1.29 is 21.9 Å². The van der Waals surface area contributed by atoms with E-state index in [9.17, 15) is 4.79 Å². The van der Waals surface area contributed by atoms with Crippen LogP contribution in [-0.4, -0.2) is 36.1 Å². The molecule has 0 radical (unpaired) electrons. The van der Waals surface area contributed by atoms with Crippen LogP contribution in [0.2, 0.25) is 0 Å². The van der Waals surface area contributed by atoms with Crippen molar-refractivity contribution >= 4 is 29.0 Å². The van der Waals surface area contributed by atoms with Gasteiger partial charge in [-0.25, -0.2) is 0 Å². The molecule has 1 rings (SSSR count). The van der Waals surface area contributed by atoms with Gasteiger partial charge in [-0.05, 0) is 13.3 Å². The molecule has 0 aliphatic heterocycles. The van der Waals surface area contributed by atoms with Crippen LogP contribution in [0.4, 0.5) is 0 Å². The number of esters is 1. The van der Waals surface area contributed by atoms with E-state index in [0.29, 0.717) is 6.42 Å². The van der Waals surface area contributed by atoms with Gasteiger partial charge in [0.05, 0.1) is 7.11 Å². The van der Waals surface area contributed by atoms with Crippen molar-refractivity contribution in [2.24, 2.45) is 0 Å². The second-order valence-corrected chi connectivity index (χ2v) is 3.08. The molecule has 3 nitrogen and oxygen atoms in total. The molecular formula is C10H14ClMgNO2. The normalized spacial score (nSPS) is 8.73. The van der Waals surface area contributed by atoms with E-state index in [1.54, 1.807) is 0 Å². The summed E-state index contributed by atoms with van der Waals surface area (Å²) in [5.41, 5.74) is 3.34. The molecule has 1 aromatic heterocycles. The third-order valence-corrected chi connectivity index (χ3v) is 2.17. The van der Waals surface area contributed by atoms with Gasteiger partial charge in [0.1, 0.15) is 0 Å². The van der Waals surface area contributed by atoms with Crippen LogP contribution in [0.5, 0.6) is 0 Å². The Morgan fingerprint density at radius 1 is 1.47 bits per heavy atom. The average molecular weight is 240 g/mol. The minimum absolute atomic E-state index is 0. The smallest absolute Gasteiger partial charge is 1.00 e. The summed E-state index contributed by atoms with van der Waals surface area (Å²) < 4.78 is 4.57. The summed E-state index contributed by atoms with van der Waals surface area (Å²) in [5.74, 6) is -0.167. The number of carbonyl (C=O) groups is 1. The monoisotopic (exact) mass is 239 g/mol. The number of rotatable bonds is 3. The van der Waals surface area contributed by atoms with Crippen molar-refractivity contribution in [3.63, 3.8) is 0 Å². The molecule has 5 heteroatoms. The second kappa shape index (κ2) is 8.02. The third-order valence-electron chi connectivity index (χ3n) is 2.17. The number of hydrogen-bond donors (Lipinski definition) is 0. The van der Waals surface area contributed by atoms with Crippen molar-refractivity contribution in [3.8, 4) is 0 Å². The van der Waals surface area contributed by atoms with E-state index < -0.39 is 0 Å². The summed E-state index contributed by atoms with van der Waals surface area (Å²) in [4.78, 5) is 15.1. The minimum atomic E-state index is -0.167. The van der Waals surface area contributed by atoms with Crippen LogP contribution in [0, 0.1) is 13.8 Å². The zero-order valence-electron chi connectivity index (χ0n) is 9.34. The Labute approximate surface area is 113 Å². The van der Waals surface area contributed by atoms with Gasteiger partial charge in [-0.2, -0.15) is 11.9 Å². The van der Waals surface area contributed by atoms with Crippen LogP contribution in [0.15, 0.2) is 6.20 Å². The van der Waals surface area contributed by atoms with E-state index in [-0.39, 0.29) is 41.4 Å². The topological polar surface area (TPSA) is 40.4 Å². The molecule has 0 aromatic carbocycles. The molecule has 0 bridgehead atoms. The van der Waals surface area contributed by atoms with Gasteiger partial charge in [0, 0.05) is 6.42 Å². The van der Waals surface area contributed by atoms with Crippen LogP contribution in [0.1, 0.15) is 23.2 Å². The van der Waals surface area contributed by atoms with Gasteiger partial charge in [-0.1, -0.05) is 18.1 Å². The number of methoxy groups -OCH3 is 1. The zero-order valence-corrected chi connectivity index (χ0v) is 11.5. The van der Waals surface area contributed by atoms with Crippen molar-refractivity contribution in [1.29, 1.82) is 0 Å². The predicted octanol–water partition coefficient (Wildman–Crippen LogP) is -2.01. The zero-order chi connectivity index (χ0) is 9.84. The first kappa shape index (κ1) is 17.2. The number of aryl methyl sites for hydroxylation is 2. The molecule has 0 atom stereocenters. The van der Waals surface area contributed by atoms with E-state index in [4.69, 9.17) is 0 Å². The van der Waals surface area contributed by atoms with Crippen LogP contribution >= 0.6 is 0 Å². The second-order valence-electron chi connectivity index (χ2n) is 3.08. The van der Waals surface area contributed by atoms with Gasteiger partial charge in [-0.15, -0.1) is 0 Å². The summed E-state index contributed by atoms with van der Waals surface area (Å²) in [6.07, 6.45) is 3.00. The number of ether oxygens (including phenoxy) is 1. The number of carbonyl (C=O) groups excluding carboxylic acids is 1. The van der Waals surface area contributed by atoms with Crippen LogP contribution in [0.25, 0.3) is 0 Å². The summed E-state index contributed by atoms with van der Waals surface area (Å²) in [7, 11) is 1.41. The molecule has 0 aliphatic rings. The molecule has 0 fully saturated rings. The molecule has 0 N–H and O–H groups in total. The molecule has 0 unspecified atom stereocenters. The summed E-state index contributed by atoms with van der Waals surface area (Å²) in [5, 5.41) is 0. The first-order chi connectivity index (χ1) is 6.15. The van der Waals surface area contributed by atoms with Crippen molar-refractivity contribution in [3.05, 3.63) is 23.0 Å². The van der Waals surface area contributed by atoms with Crippen LogP contribution < -0.4 is 17.4 Å². The summed E-state index contributed by atoms with van der Waals surface area (Å²) in [6.45, 7) is 3.96. The molecular weight excluding hydrogens is 226 g/mol. The Bertz CT molecular complexity index is 293. The number of halogens is 1. The number of hydrogen-bond acceptors (Lipinski definition) is 2. The van der Waals surface area contributed by atoms with Crippen molar-refractivity contribution in [2.75, 3.05) is 7.11 Å².